The molecule has 17 heteroatoms. The van der Waals surface area contributed by atoms with Crippen LogP contribution in [0.5, 0.6) is 0 Å². The standard InChI is InChI=1S/C17H18ClN5O9S.Na/c1-30-22-12(9-7-33-16(20-9)21-10(24)4-18)13(26)19-5-8-6-31-23(14(8)27)17(15(28)29)3-2-11(25)32-17;/h7-8H,2-6H2,1H3,(H,19,26)(H,28,29)(H,20,21,24);/q;+1/p-1/b22-12-;/t8-,17?;/m0./s1. The van der Waals surface area contributed by atoms with Crippen molar-refractivity contribution in [2.24, 2.45) is 11.1 Å². The number of ether oxygens (including phenoxy) is 1. The second-order valence-electron chi connectivity index (χ2n) is 6.72. The van der Waals surface area contributed by atoms with Crippen molar-refractivity contribution in [1.29, 1.82) is 0 Å². The van der Waals surface area contributed by atoms with Gasteiger partial charge in [-0.1, -0.05) is 5.16 Å². The maximum absolute atomic E-state index is 12.7. The Kier molecular flexibility index (Phi) is 9.78. The number of anilines is 1. The number of halogens is 1. The van der Waals surface area contributed by atoms with Gasteiger partial charge in [0.05, 0.1) is 18.9 Å². The number of esters is 1. The largest absolute Gasteiger partial charge is 1.00 e. The van der Waals surface area contributed by atoms with Crippen LogP contribution in [-0.4, -0.2) is 77.3 Å². The number of amides is 3. The minimum absolute atomic E-state index is 0. The molecule has 2 fully saturated rings. The number of aromatic nitrogens is 1. The van der Waals surface area contributed by atoms with E-state index in [1.165, 1.54) is 12.5 Å². The summed E-state index contributed by atoms with van der Waals surface area (Å²) < 4.78 is 4.82. The van der Waals surface area contributed by atoms with Gasteiger partial charge in [-0.15, -0.1) is 22.9 Å². The molecule has 3 heterocycles. The van der Waals surface area contributed by atoms with Crippen molar-refractivity contribution in [2.45, 2.75) is 18.6 Å². The Hall–Kier alpha value is -2.30. The van der Waals surface area contributed by atoms with E-state index in [1.807, 2.05) is 0 Å². The Morgan fingerprint density at radius 1 is 1.44 bits per heavy atom. The third-order valence-electron chi connectivity index (χ3n) is 4.57. The Morgan fingerprint density at radius 2 is 2.18 bits per heavy atom. The van der Waals surface area contributed by atoms with Gasteiger partial charge in [-0.05, 0) is 0 Å². The zero-order valence-electron chi connectivity index (χ0n) is 18.0. The van der Waals surface area contributed by atoms with Gasteiger partial charge >= 0.3 is 35.5 Å². The van der Waals surface area contributed by atoms with Crippen LogP contribution in [0, 0.1) is 5.92 Å². The first-order valence-corrected chi connectivity index (χ1v) is 10.7. The maximum Gasteiger partial charge on any atom is 1.00 e. The number of thiazole rings is 1. The molecule has 0 bridgehead atoms. The van der Waals surface area contributed by atoms with Crippen LogP contribution in [-0.2, 0) is 38.4 Å². The van der Waals surface area contributed by atoms with Crippen molar-refractivity contribution in [3.63, 3.8) is 0 Å². The summed E-state index contributed by atoms with van der Waals surface area (Å²) in [6.07, 6.45) is -0.545. The number of oxime groups is 1. The molecular weight excluding hydrogens is 509 g/mol. The van der Waals surface area contributed by atoms with E-state index in [0.29, 0.717) is 5.06 Å². The van der Waals surface area contributed by atoms with Crippen LogP contribution in [0.25, 0.3) is 0 Å². The predicted molar refractivity (Wildman–Crippen MR) is 107 cm³/mol. The Bertz CT molecular complexity index is 1020. The SMILES string of the molecule is CO/N=C(\C(=O)NC[C@H]1CON(C2(C(=O)[O-])CCC(=O)O2)C1=O)c1csc(NC(=O)CCl)n1.[Na+]. The Labute approximate surface area is 223 Å². The topological polar surface area (TPSA) is 189 Å². The smallest absolute Gasteiger partial charge is 0.544 e. The average molecular weight is 526 g/mol. The van der Waals surface area contributed by atoms with Gasteiger partial charge in [0.1, 0.15) is 24.7 Å². The first-order valence-electron chi connectivity index (χ1n) is 9.33. The number of rotatable bonds is 9. The number of carboxylic acid groups (broad SMARTS) is 1. The summed E-state index contributed by atoms with van der Waals surface area (Å²) in [5.74, 6) is -5.90. The molecule has 1 aromatic rings. The zero-order valence-corrected chi connectivity index (χ0v) is 21.6. The molecule has 2 N–H and O–H groups in total. The third-order valence-corrected chi connectivity index (χ3v) is 5.57. The quantitative estimate of drug-likeness (QED) is 0.104. The molecule has 2 atom stereocenters. The first kappa shape index (κ1) is 27.9. The number of hydrogen-bond donors (Lipinski definition) is 2. The van der Waals surface area contributed by atoms with Crippen molar-refractivity contribution in [3.8, 4) is 0 Å². The molecule has 1 aromatic heterocycles. The summed E-state index contributed by atoms with van der Waals surface area (Å²) in [7, 11) is 1.21. The van der Waals surface area contributed by atoms with E-state index in [0.717, 1.165) is 11.3 Å². The fourth-order valence-electron chi connectivity index (χ4n) is 3.01. The molecule has 3 rings (SSSR count). The molecule has 2 aliphatic heterocycles. The molecule has 3 amide bonds. The number of carbonyl (C=O) groups excluding carboxylic acids is 5. The summed E-state index contributed by atoms with van der Waals surface area (Å²) in [4.78, 5) is 73.6. The second-order valence-corrected chi connectivity index (χ2v) is 7.85. The Balaban J connectivity index is 0.00000408. The van der Waals surface area contributed by atoms with E-state index in [-0.39, 0.29) is 78.0 Å². The molecule has 1 unspecified atom stereocenters. The van der Waals surface area contributed by atoms with Crippen molar-refractivity contribution in [3.05, 3.63) is 11.1 Å². The van der Waals surface area contributed by atoms with Crippen LogP contribution in [0.2, 0.25) is 0 Å². The van der Waals surface area contributed by atoms with Gasteiger partial charge in [-0.25, -0.2) is 4.98 Å². The summed E-state index contributed by atoms with van der Waals surface area (Å²) in [5.41, 5.74) is -2.49. The number of nitrogens with one attached hydrogen (secondary N) is 2. The maximum atomic E-state index is 12.7. The predicted octanol–water partition coefficient (Wildman–Crippen LogP) is -5.04. The molecule has 14 nitrogen and oxygen atoms in total. The van der Waals surface area contributed by atoms with Crippen LogP contribution in [0.4, 0.5) is 5.13 Å². The van der Waals surface area contributed by atoms with E-state index in [4.69, 9.17) is 21.2 Å². The molecule has 34 heavy (non-hydrogen) atoms. The summed E-state index contributed by atoms with van der Waals surface area (Å²) in [6.45, 7) is -0.526. The number of nitrogens with zero attached hydrogens (tertiary/aromatic N) is 3. The normalized spacial score (nSPS) is 22.1. The van der Waals surface area contributed by atoms with Gasteiger partial charge < -0.3 is 30.1 Å². The number of alkyl halides is 1. The fraction of sp³-hybridized carbons (Fsp3) is 0.471. The molecule has 0 radical (unpaired) electrons. The van der Waals surface area contributed by atoms with Gasteiger partial charge in [0.25, 0.3) is 17.5 Å². The van der Waals surface area contributed by atoms with E-state index in [9.17, 15) is 29.1 Å². The molecule has 0 aromatic carbocycles. The van der Waals surface area contributed by atoms with Gasteiger partial charge in [0, 0.05) is 18.3 Å². The summed E-state index contributed by atoms with van der Waals surface area (Å²) in [5, 5.41) is 22.2. The molecule has 0 aliphatic carbocycles. The first-order chi connectivity index (χ1) is 15.7. The van der Waals surface area contributed by atoms with Crippen LogP contribution in [0.1, 0.15) is 18.5 Å². The van der Waals surface area contributed by atoms with Crippen molar-refractivity contribution in [2.75, 3.05) is 31.5 Å². The molecule has 0 spiro atoms. The molecule has 2 saturated heterocycles. The van der Waals surface area contributed by atoms with Gasteiger partial charge in [-0.3, -0.25) is 24.0 Å². The number of hydroxylamine groups is 2. The number of aliphatic carboxylic acids is 1. The van der Waals surface area contributed by atoms with Gasteiger partial charge in [0.2, 0.25) is 5.91 Å². The third kappa shape index (κ3) is 5.84. The van der Waals surface area contributed by atoms with Crippen LogP contribution in [0.3, 0.4) is 0 Å². The molecular formula is C17H17ClN5NaO9S. The van der Waals surface area contributed by atoms with E-state index in [1.54, 1.807) is 0 Å². The monoisotopic (exact) mass is 525 g/mol. The van der Waals surface area contributed by atoms with Gasteiger partial charge in [0.15, 0.2) is 10.8 Å². The summed E-state index contributed by atoms with van der Waals surface area (Å²) in [6, 6.07) is 0. The van der Waals surface area contributed by atoms with Crippen LogP contribution >= 0.6 is 22.9 Å². The molecule has 0 saturated carbocycles. The van der Waals surface area contributed by atoms with E-state index in [2.05, 4.69) is 25.6 Å². The van der Waals surface area contributed by atoms with Crippen LogP contribution < -0.4 is 45.3 Å². The molecule has 178 valence electrons. The van der Waals surface area contributed by atoms with Crippen molar-refractivity contribution < 1.29 is 73.0 Å². The Morgan fingerprint density at radius 3 is 2.76 bits per heavy atom. The van der Waals surface area contributed by atoms with Crippen LogP contribution in [0.15, 0.2) is 10.5 Å². The van der Waals surface area contributed by atoms with Crippen molar-refractivity contribution >= 4 is 63.4 Å². The van der Waals surface area contributed by atoms with Gasteiger partial charge in [-0.2, -0.15) is 5.06 Å². The van der Waals surface area contributed by atoms with E-state index >= 15 is 0 Å². The number of carbonyl (C=O) groups is 5. The van der Waals surface area contributed by atoms with E-state index < -0.39 is 41.3 Å². The number of hydrogen-bond acceptors (Lipinski definition) is 12. The summed E-state index contributed by atoms with van der Waals surface area (Å²) >= 11 is 6.45. The second kappa shape index (κ2) is 11.9. The average Bonchev–Trinajstić information content (AvgIpc) is 3.49. The minimum atomic E-state index is -2.35. The minimum Gasteiger partial charge on any atom is -0.544 e. The zero-order chi connectivity index (χ0) is 24.2. The molecule has 2 aliphatic rings. The number of cyclic esters (lactones) is 1. The fourth-order valence-corrected chi connectivity index (χ4v) is 3.79. The van der Waals surface area contributed by atoms with Crippen molar-refractivity contribution in [1.82, 2.24) is 15.4 Å². The number of carboxylic acids is 1.